The van der Waals surface area contributed by atoms with E-state index in [-0.39, 0.29) is 12.2 Å². The summed E-state index contributed by atoms with van der Waals surface area (Å²) in [4.78, 5) is 10.3. The Kier molecular flexibility index (Phi) is 2.70. The molecule has 0 saturated heterocycles. The normalized spacial score (nSPS) is 9.75. The molecule has 1 rings (SSSR count). The van der Waals surface area contributed by atoms with E-state index in [2.05, 4.69) is 15.9 Å². The highest BCUT2D eigenvalue weighted by atomic mass is 79.9. The zero-order valence-electron chi connectivity index (χ0n) is 6.12. The molecule has 1 aromatic carbocycles. The largest absolute Gasteiger partial charge is 0.508 e. The summed E-state index contributed by atoms with van der Waals surface area (Å²) in [5, 5.41) is 17.7. The Hall–Kier alpha value is -1.03. The molecule has 0 bridgehead atoms. The number of halogens is 1. The molecule has 0 unspecified atom stereocenters. The molecule has 0 aliphatic heterocycles. The number of hydrogen-bond donors (Lipinski definition) is 2. The number of carboxylic acid groups (broad SMARTS) is 1. The fraction of sp³-hybridized carbons (Fsp3) is 0.125. The molecule has 64 valence electrons. The average Bonchev–Trinajstić information content (AvgIpc) is 1.97. The zero-order valence-corrected chi connectivity index (χ0v) is 7.71. The highest BCUT2D eigenvalue weighted by molar-refractivity contribution is 9.10. The number of rotatable bonds is 2. The standard InChI is InChI=1S/C8H7BrO3/c9-6-2-1-3-7(10)5(6)4-8(11)12/h1-3,10H,4H2,(H,11,12). The number of aromatic hydroxyl groups is 1. The van der Waals surface area contributed by atoms with Gasteiger partial charge in [-0.2, -0.15) is 0 Å². The van der Waals surface area contributed by atoms with Crippen molar-refractivity contribution in [2.45, 2.75) is 6.42 Å². The highest BCUT2D eigenvalue weighted by Gasteiger charge is 2.08. The van der Waals surface area contributed by atoms with E-state index in [1.807, 2.05) is 0 Å². The molecule has 4 heteroatoms. The molecule has 0 amide bonds. The Balaban J connectivity index is 3.04. The van der Waals surface area contributed by atoms with Crippen molar-refractivity contribution in [1.82, 2.24) is 0 Å². The summed E-state index contributed by atoms with van der Waals surface area (Å²) in [6.07, 6.45) is -0.173. The molecule has 0 aliphatic carbocycles. The summed E-state index contributed by atoms with van der Waals surface area (Å²) in [6, 6.07) is 4.80. The lowest BCUT2D eigenvalue weighted by Crippen LogP contribution is -2.00. The Morgan fingerprint density at radius 3 is 2.67 bits per heavy atom. The summed E-state index contributed by atoms with van der Waals surface area (Å²) in [7, 11) is 0. The van der Waals surface area contributed by atoms with Gasteiger partial charge in [-0.3, -0.25) is 4.79 Å². The Morgan fingerprint density at radius 1 is 1.50 bits per heavy atom. The molecule has 2 N–H and O–H groups in total. The van der Waals surface area contributed by atoms with Crippen LogP contribution in [0.1, 0.15) is 5.56 Å². The van der Waals surface area contributed by atoms with Gasteiger partial charge in [-0.1, -0.05) is 22.0 Å². The molecular formula is C8H7BrO3. The van der Waals surface area contributed by atoms with Gasteiger partial charge in [0, 0.05) is 10.0 Å². The van der Waals surface area contributed by atoms with Gasteiger partial charge in [0.25, 0.3) is 0 Å². The van der Waals surface area contributed by atoms with Crippen LogP contribution in [0.25, 0.3) is 0 Å². The van der Waals surface area contributed by atoms with Gasteiger partial charge in [0.2, 0.25) is 0 Å². The minimum absolute atomic E-state index is 0.00627. The molecule has 12 heavy (non-hydrogen) atoms. The first-order valence-electron chi connectivity index (χ1n) is 3.29. The van der Waals surface area contributed by atoms with Crippen LogP contribution in [0, 0.1) is 0 Å². The Labute approximate surface area is 77.8 Å². The molecule has 0 saturated carbocycles. The van der Waals surface area contributed by atoms with E-state index in [1.54, 1.807) is 12.1 Å². The second-order valence-electron chi connectivity index (χ2n) is 2.31. The maximum absolute atomic E-state index is 10.3. The number of hydrogen-bond acceptors (Lipinski definition) is 2. The van der Waals surface area contributed by atoms with E-state index in [1.165, 1.54) is 6.07 Å². The predicted molar refractivity (Wildman–Crippen MR) is 47.1 cm³/mol. The fourth-order valence-corrected chi connectivity index (χ4v) is 1.37. The summed E-state index contributed by atoms with van der Waals surface area (Å²) in [6.45, 7) is 0. The first-order valence-corrected chi connectivity index (χ1v) is 4.08. The molecule has 0 aliphatic rings. The minimum Gasteiger partial charge on any atom is -0.508 e. The molecule has 0 fully saturated rings. The molecule has 0 heterocycles. The molecular weight excluding hydrogens is 224 g/mol. The number of phenolic OH excluding ortho intramolecular Hbond substituents is 1. The lowest BCUT2D eigenvalue weighted by Gasteiger charge is -2.02. The Morgan fingerprint density at radius 2 is 2.17 bits per heavy atom. The summed E-state index contributed by atoms with van der Waals surface area (Å²) in [5.41, 5.74) is 0.407. The minimum atomic E-state index is -0.961. The van der Waals surface area contributed by atoms with Crippen LogP contribution in [0.15, 0.2) is 22.7 Å². The van der Waals surface area contributed by atoms with Gasteiger partial charge in [-0.05, 0) is 12.1 Å². The van der Waals surface area contributed by atoms with E-state index >= 15 is 0 Å². The maximum Gasteiger partial charge on any atom is 0.308 e. The van der Waals surface area contributed by atoms with Crippen molar-refractivity contribution in [3.63, 3.8) is 0 Å². The maximum atomic E-state index is 10.3. The number of aliphatic carboxylic acids is 1. The average molecular weight is 231 g/mol. The van der Waals surface area contributed by atoms with E-state index in [4.69, 9.17) is 5.11 Å². The topological polar surface area (TPSA) is 57.5 Å². The number of benzene rings is 1. The van der Waals surface area contributed by atoms with Crippen molar-refractivity contribution in [2.24, 2.45) is 0 Å². The quantitative estimate of drug-likeness (QED) is 0.815. The number of phenols is 1. The van der Waals surface area contributed by atoms with Gasteiger partial charge in [0.05, 0.1) is 6.42 Å². The van der Waals surface area contributed by atoms with Gasteiger partial charge >= 0.3 is 5.97 Å². The monoisotopic (exact) mass is 230 g/mol. The van der Waals surface area contributed by atoms with Gasteiger partial charge in [0.1, 0.15) is 5.75 Å². The molecule has 0 aromatic heterocycles. The van der Waals surface area contributed by atoms with Crippen molar-refractivity contribution >= 4 is 21.9 Å². The van der Waals surface area contributed by atoms with Crippen LogP contribution < -0.4 is 0 Å². The van der Waals surface area contributed by atoms with Gasteiger partial charge in [-0.15, -0.1) is 0 Å². The number of carboxylic acids is 1. The van der Waals surface area contributed by atoms with Crippen LogP contribution in [-0.4, -0.2) is 16.2 Å². The third kappa shape index (κ3) is 1.98. The van der Waals surface area contributed by atoms with E-state index < -0.39 is 5.97 Å². The van der Waals surface area contributed by atoms with E-state index in [9.17, 15) is 9.90 Å². The van der Waals surface area contributed by atoms with Crippen molar-refractivity contribution in [3.8, 4) is 5.75 Å². The second-order valence-corrected chi connectivity index (χ2v) is 3.16. The smallest absolute Gasteiger partial charge is 0.308 e. The van der Waals surface area contributed by atoms with E-state index in [0.717, 1.165) is 0 Å². The van der Waals surface area contributed by atoms with Crippen LogP contribution in [0.5, 0.6) is 5.75 Å². The summed E-state index contributed by atoms with van der Waals surface area (Å²) < 4.78 is 0.616. The first-order chi connectivity index (χ1) is 5.61. The summed E-state index contributed by atoms with van der Waals surface area (Å²) >= 11 is 3.15. The highest BCUT2D eigenvalue weighted by Crippen LogP contribution is 2.25. The van der Waals surface area contributed by atoms with Crippen molar-refractivity contribution in [3.05, 3.63) is 28.2 Å². The third-order valence-corrected chi connectivity index (χ3v) is 2.17. The van der Waals surface area contributed by atoms with Gasteiger partial charge in [0.15, 0.2) is 0 Å². The van der Waals surface area contributed by atoms with Crippen molar-refractivity contribution in [2.75, 3.05) is 0 Å². The zero-order chi connectivity index (χ0) is 9.14. The first kappa shape index (κ1) is 9.06. The lowest BCUT2D eigenvalue weighted by atomic mass is 10.1. The van der Waals surface area contributed by atoms with Crippen LogP contribution >= 0.6 is 15.9 Å². The fourth-order valence-electron chi connectivity index (χ4n) is 0.873. The van der Waals surface area contributed by atoms with Crippen LogP contribution in [0.2, 0.25) is 0 Å². The van der Waals surface area contributed by atoms with Gasteiger partial charge in [-0.25, -0.2) is 0 Å². The van der Waals surface area contributed by atoms with E-state index in [0.29, 0.717) is 10.0 Å². The number of carbonyl (C=O) groups is 1. The molecule has 1 aromatic rings. The lowest BCUT2D eigenvalue weighted by molar-refractivity contribution is -0.136. The third-order valence-electron chi connectivity index (χ3n) is 1.42. The Bertz CT molecular complexity index is 289. The van der Waals surface area contributed by atoms with Gasteiger partial charge < -0.3 is 10.2 Å². The molecule has 3 nitrogen and oxygen atoms in total. The van der Waals surface area contributed by atoms with Crippen LogP contribution in [0.4, 0.5) is 0 Å². The molecule has 0 atom stereocenters. The van der Waals surface area contributed by atoms with Crippen molar-refractivity contribution < 1.29 is 15.0 Å². The van der Waals surface area contributed by atoms with Crippen LogP contribution in [-0.2, 0) is 11.2 Å². The summed E-state index contributed by atoms with van der Waals surface area (Å²) in [5.74, 6) is -0.955. The molecule has 0 spiro atoms. The predicted octanol–water partition coefficient (Wildman–Crippen LogP) is 1.78. The van der Waals surface area contributed by atoms with Crippen LogP contribution in [0.3, 0.4) is 0 Å². The second kappa shape index (κ2) is 3.58. The molecule has 0 radical (unpaired) electrons. The van der Waals surface area contributed by atoms with Crippen molar-refractivity contribution in [1.29, 1.82) is 0 Å². The SMILES string of the molecule is O=C(O)Cc1c(O)cccc1Br.